The van der Waals surface area contributed by atoms with Gasteiger partial charge in [-0.25, -0.2) is 4.79 Å². The van der Waals surface area contributed by atoms with Crippen molar-refractivity contribution in [2.24, 2.45) is 0 Å². The van der Waals surface area contributed by atoms with Gasteiger partial charge >= 0.3 is 5.97 Å². The minimum Gasteiger partial charge on any atom is -0.497 e. The number of nitrogens with one attached hydrogen (secondary N) is 1. The SMILES string of the molecule is COc1ccc2cc(/C=C/C(=O)O[C@@H](C)C(=O)Nc3ccc(C(C)=O)cc3)ccc2c1. The Balaban J connectivity index is 1.57. The van der Waals surface area contributed by atoms with Crippen LogP contribution in [0.1, 0.15) is 29.8 Å². The van der Waals surface area contributed by atoms with Crippen molar-refractivity contribution < 1.29 is 23.9 Å². The zero-order chi connectivity index (χ0) is 22.4. The molecule has 31 heavy (non-hydrogen) atoms. The number of amides is 1. The van der Waals surface area contributed by atoms with E-state index in [1.54, 1.807) is 37.5 Å². The van der Waals surface area contributed by atoms with Crippen molar-refractivity contribution in [3.63, 3.8) is 0 Å². The Morgan fingerprint density at radius 2 is 1.61 bits per heavy atom. The Hall–Kier alpha value is -3.93. The molecule has 0 aliphatic rings. The first kappa shape index (κ1) is 21.8. The van der Waals surface area contributed by atoms with E-state index >= 15 is 0 Å². The van der Waals surface area contributed by atoms with Crippen molar-refractivity contribution in [2.45, 2.75) is 20.0 Å². The highest BCUT2D eigenvalue weighted by atomic mass is 16.5. The maximum atomic E-state index is 12.3. The normalized spacial score (nSPS) is 11.8. The van der Waals surface area contributed by atoms with Gasteiger partial charge in [0, 0.05) is 17.3 Å². The summed E-state index contributed by atoms with van der Waals surface area (Å²) in [5.74, 6) is -0.360. The lowest BCUT2D eigenvalue weighted by molar-refractivity contribution is -0.148. The molecule has 1 amide bonds. The maximum Gasteiger partial charge on any atom is 0.331 e. The minimum atomic E-state index is -0.978. The third kappa shape index (κ3) is 5.79. The first-order chi connectivity index (χ1) is 14.9. The average molecular weight is 417 g/mol. The van der Waals surface area contributed by atoms with Crippen LogP contribution in [0.5, 0.6) is 5.75 Å². The fourth-order valence-electron chi connectivity index (χ4n) is 2.94. The van der Waals surface area contributed by atoms with Gasteiger partial charge in [-0.2, -0.15) is 0 Å². The van der Waals surface area contributed by atoms with Crippen LogP contribution in [0, 0.1) is 0 Å². The molecular weight excluding hydrogens is 394 g/mol. The Kier molecular flexibility index (Phi) is 6.82. The van der Waals surface area contributed by atoms with Crippen molar-refractivity contribution in [3.05, 3.63) is 77.9 Å². The molecule has 0 saturated heterocycles. The van der Waals surface area contributed by atoms with Gasteiger partial charge in [-0.15, -0.1) is 0 Å². The number of ketones is 1. The van der Waals surface area contributed by atoms with Gasteiger partial charge in [-0.1, -0.05) is 18.2 Å². The molecule has 0 spiro atoms. The van der Waals surface area contributed by atoms with Gasteiger partial charge in [0.2, 0.25) is 0 Å². The monoisotopic (exact) mass is 417 g/mol. The summed E-state index contributed by atoms with van der Waals surface area (Å²) in [6.07, 6.45) is 1.95. The molecule has 0 bridgehead atoms. The third-order valence-corrected chi connectivity index (χ3v) is 4.70. The molecule has 3 aromatic rings. The van der Waals surface area contributed by atoms with Gasteiger partial charge in [0.25, 0.3) is 5.91 Å². The number of Topliss-reactive ketones (excluding diaryl/α,β-unsaturated/α-hetero) is 1. The number of hydrogen-bond donors (Lipinski definition) is 1. The first-order valence-corrected chi connectivity index (χ1v) is 9.74. The van der Waals surface area contributed by atoms with E-state index in [2.05, 4.69) is 5.32 Å². The number of ether oxygens (including phenoxy) is 2. The molecule has 0 aliphatic carbocycles. The van der Waals surface area contributed by atoms with Crippen molar-refractivity contribution in [1.29, 1.82) is 0 Å². The van der Waals surface area contributed by atoms with Crippen LogP contribution >= 0.6 is 0 Å². The highest BCUT2D eigenvalue weighted by molar-refractivity contribution is 5.98. The van der Waals surface area contributed by atoms with Crippen LogP contribution in [0.25, 0.3) is 16.8 Å². The molecular formula is C25H23NO5. The molecule has 1 N–H and O–H groups in total. The van der Waals surface area contributed by atoms with E-state index in [1.165, 1.54) is 19.9 Å². The quantitative estimate of drug-likeness (QED) is 0.344. The first-order valence-electron chi connectivity index (χ1n) is 9.74. The summed E-state index contributed by atoms with van der Waals surface area (Å²) in [4.78, 5) is 35.7. The van der Waals surface area contributed by atoms with Crippen LogP contribution in [-0.2, 0) is 14.3 Å². The van der Waals surface area contributed by atoms with E-state index in [0.717, 1.165) is 22.1 Å². The van der Waals surface area contributed by atoms with Crippen molar-refractivity contribution in [2.75, 3.05) is 12.4 Å². The predicted molar refractivity (Wildman–Crippen MR) is 120 cm³/mol. The zero-order valence-electron chi connectivity index (χ0n) is 17.5. The summed E-state index contributed by atoms with van der Waals surface area (Å²) in [6, 6.07) is 18.0. The lowest BCUT2D eigenvalue weighted by Gasteiger charge is -2.12. The van der Waals surface area contributed by atoms with Gasteiger partial charge in [0.05, 0.1) is 7.11 Å². The molecule has 0 fully saturated rings. The number of anilines is 1. The van der Waals surface area contributed by atoms with E-state index in [0.29, 0.717) is 11.3 Å². The number of rotatable bonds is 7. The van der Waals surface area contributed by atoms with E-state index in [-0.39, 0.29) is 5.78 Å². The molecule has 0 aromatic heterocycles. The highest BCUT2D eigenvalue weighted by Gasteiger charge is 2.16. The standard InChI is InChI=1S/C25H23NO5/c1-16(27)19-7-10-22(11-8-19)26-25(29)17(2)31-24(28)13-5-18-4-6-21-15-23(30-3)12-9-20(21)14-18/h4-15,17H,1-3H3,(H,26,29)/b13-5+/t17-/m0/s1. The van der Waals surface area contributed by atoms with Crippen LogP contribution in [-0.4, -0.2) is 30.9 Å². The maximum absolute atomic E-state index is 12.3. The molecule has 0 saturated carbocycles. The number of esters is 1. The number of fused-ring (bicyclic) bond motifs is 1. The highest BCUT2D eigenvalue weighted by Crippen LogP contribution is 2.22. The average Bonchev–Trinajstić information content (AvgIpc) is 2.77. The Morgan fingerprint density at radius 1 is 0.935 bits per heavy atom. The second kappa shape index (κ2) is 9.71. The number of carbonyl (C=O) groups excluding carboxylic acids is 3. The van der Waals surface area contributed by atoms with E-state index < -0.39 is 18.0 Å². The van der Waals surface area contributed by atoms with Gasteiger partial charge in [-0.3, -0.25) is 9.59 Å². The lowest BCUT2D eigenvalue weighted by atomic mass is 10.1. The van der Waals surface area contributed by atoms with Crippen molar-refractivity contribution in [3.8, 4) is 5.75 Å². The smallest absolute Gasteiger partial charge is 0.331 e. The van der Waals surface area contributed by atoms with Crippen LogP contribution in [0.4, 0.5) is 5.69 Å². The largest absolute Gasteiger partial charge is 0.497 e. The molecule has 6 heteroatoms. The zero-order valence-corrected chi connectivity index (χ0v) is 17.5. The number of carbonyl (C=O) groups is 3. The summed E-state index contributed by atoms with van der Waals surface area (Å²) >= 11 is 0. The van der Waals surface area contributed by atoms with Crippen LogP contribution in [0.15, 0.2) is 66.7 Å². The fraction of sp³-hybridized carbons (Fsp3) is 0.160. The third-order valence-electron chi connectivity index (χ3n) is 4.70. The van der Waals surface area contributed by atoms with Gasteiger partial charge in [0.15, 0.2) is 11.9 Å². The molecule has 6 nitrogen and oxygen atoms in total. The number of methoxy groups -OCH3 is 1. The summed E-state index contributed by atoms with van der Waals surface area (Å²) in [5.41, 5.74) is 1.90. The predicted octanol–water partition coefficient (Wildman–Crippen LogP) is 4.63. The molecule has 0 unspecified atom stereocenters. The number of benzene rings is 3. The number of hydrogen-bond acceptors (Lipinski definition) is 5. The second-order valence-electron chi connectivity index (χ2n) is 7.01. The van der Waals surface area contributed by atoms with Gasteiger partial charge < -0.3 is 14.8 Å². The molecule has 0 radical (unpaired) electrons. The fourth-order valence-corrected chi connectivity index (χ4v) is 2.94. The topological polar surface area (TPSA) is 81.7 Å². The van der Waals surface area contributed by atoms with Crippen LogP contribution in [0.2, 0.25) is 0 Å². The van der Waals surface area contributed by atoms with Crippen molar-refractivity contribution >= 4 is 40.2 Å². The Labute approximate surface area is 180 Å². The Morgan fingerprint density at radius 3 is 2.29 bits per heavy atom. The van der Waals surface area contributed by atoms with E-state index in [1.807, 2.05) is 36.4 Å². The summed E-state index contributed by atoms with van der Waals surface area (Å²) < 4.78 is 10.4. The molecule has 1 atom stereocenters. The molecule has 0 aliphatic heterocycles. The molecule has 3 rings (SSSR count). The van der Waals surface area contributed by atoms with Crippen molar-refractivity contribution in [1.82, 2.24) is 0 Å². The second-order valence-corrected chi connectivity index (χ2v) is 7.01. The molecule has 158 valence electrons. The van der Waals surface area contributed by atoms with E-state index in [4.69, 9.17) is 9.47 Å². The van der Waals surface area contributed by atoms with Crippen LogP contribution < -0.4 is 10.1 Å². The lowest BCUT2D eigenvalue weighted by Crippen LogP contribution is -2.29. The molecule has 3 aromatic carbocycles. The summed E-state index contributed by atoms with van der Waals surface area (Å²) in [7, 11) is 1.62. The minimum absolute atomic E-state index is 0.0573. The van der Waals surface area contributed by atoms with Gasteiger partial charge in [-0.05, 0) is 78.7 Å². The van der Waals surface area contributed by atoms with Gasteiger partial charge in [0.1, 0.15) is 5.75 Å². The Bertz CT molecular complexity index is 1150. The summed E-state index contributed by atoms with van der Waals surface area (Å²) in [6.45, 7) is 2.96. The van der Waals surface area contributed by atoms with Crippen LogP contribution in [0.3, 0.4) is 0 Å². The molecule has 0 heterocycles. The van der Waals surface area contributed by atoms with E-state index in [9.17, 15) is 14.4 Å². The summed E-state index contributed by atoms with van der Waals surface area (Å²) in [5, 5.41) is 4.70.